The fourth-order valence-electron chi connectivity index (χ4n) is 4.75. The highest BCUT2D eigenvalue weighted by atomic mass is 32.2. The SMILES string of the molecule is Cc1ccc(N2C3CCC2CN(C(=O)CCS(=O)(=O)c2cccc4nccn24)C3)nc1. The fraction of sp³-hybridized carbons (Fsp3) is 0.409. The summed E-state index contributed by atoms with van der Waals surface area (Å²) in [5.41, 5.74) is 1.70. The van der Waals surface area contributed by atoms with Gasteiger partial charge in [-0.2, -0.15) is 0 Å². The Kier molecular flexibility index (Phi) is 4.92. The van der Waals surface area contributed by atoms with Crippen LogP contribution in [0.5, 0.6) is 0 Å². The maximum absolute atomic E-state index is 12.9. The number of amides is 1. The number of aromatic nitrogens is 3. The van der Waals surface area contributed by atoms with Gasteiger partial charge in [0.15, 0.2) is 9.84 Å². The first-order valence-electron chi connectivity index (χ1n) is 10.6. The molecule has 8 nitrogen and oxygen atoms in total. The van der Waals surface area contributed by atoms with Crippen molar-refractivity contribution < 1.29 is 13.2 Å². The number of pyridine rings is 2. The summed E-state index contributed by atoms with van der Waals surface area (Å²) in [6.45, 7) is 3.24. The van der Waals surface area contributed by atoms with E-state index in [0.717, 1.165) is 24.2 Å². The van der Waals surface area contributed by atoms with Crippen LogP contribution in [-0.4, -0.2) is 64.5 Å². The van der Waals surface area contributed by atoms with Crippen LogP contribution in [0.1, 0.15) is 24.8 Å². The Morgan fingerprint density at radius 1 is 1.10 bits per heavy atom. The van der Waals surface area contributed by atoms with E-state index in [0.29, 0.717) is 18.7 Å². The van der Waals surface area contributed by atoms with Gasteiger partial charge in [-0.1, -0.05) is 12.1 Å². The molecule has 2 bridgehead atoms. The molecule has 0 radical (unpaired) electrons. The van der Waals surface area contributed by atoms with Crippen molar-refractivity contribution in [3.63, 3.8) is 0 Å². The fourth-order valence-corrected chi connectivity index (χ4v) is 6.15. The Labute approximate surface area is 181 Å². The van der Waals surface area contributed by atoms with Crippen molar-refractivity contribution in [3.8, 4) is 0 Å². The zero-order chi connectivity index (χ0) is 21.6. The molecule has 162 valence electrons. The Morgan fingerprint density at radius 3 is 2.58 bits per heavy atom. The van der Waals surface area contributed by atoms with Gasteiger partial charge >= 0.3 is 0 Å². The molecule has 3 aromatic heterocycles. The number of aryl methyl sites for hydroxylation is 1. The van der Waals surface area contributed by atoms with E-state index in [-0.39, 0.29) is 35.2 Å². The van der Waals surface area contributed by atoms with E-state index in [1.54, 1.807) is 35.0 Å². The molecule has 2 aliphatic rings. The van der Waals surface area contributed by atoms with Gasteiger partial charge in [-0.25, -0.2) is 18.4 Å². The minimum Gasteiger partial charge on any atom is -0.347 e. The minimum absolute atomic E-state index is 0.0182. The Bertz CT molecular complexity index is 1210. The molecular weight excluding hydrogens is 414 g/mol. The number of sulfone groups is 1. The number of fused-ring (bicyclic) bond motifs is 3. The Balaban J connectivity index is 1.26. The van der Waals surface area contributed by atoms with Gasteiger partial charge < -0.3 is 9.80 Å². The predicted molar refractivity (Wildman–Crippen MR) is 117 cm³/mol. The van der Waals surface area contributed by atoms with Crippen molar-refractivity contribution in [2.24, 2.45) is 0 Å². The molecule has 5 heterocycles. The summed E-state index contributed by atoms with van der Waals surface area (Å²) in [7, 11) is -3.60. The second kappa shape index (κ2) is 7.64. The van der Waals surface area contributed by atoms with E-state index in [1.807, 2.05) is 24.1 Å². The highest BCUT2D eigenvalue weighted by molar-refractivity contribution is 7.91. The molecule has 31 heavy (non-hydrogen) atoms. The summed E-state index contributed by atoms with van der Waals surface area (Å²) < 4.78 is 27.4. The molecule has 9 heteroatoms. The summed E-state index contributed by atoms with van der Waals surface area (Å²) >= 11 is 0. The van der Waals surface area contributed by atoms with E-state index < -0.39 is 9.84 Å². The lowest BCUT2D eigenvalue weighted by Crippen LogP contribution is -2.55. The standard InChI is InChI=1S/C22H25N5O3S/c1-16-5-8-20(24-13-16)27-17-6-7-18(27)15-25(14-17)21(28)9-12-31(29,30)22-4-2-3-19-23-10-11-26(19)22/h2-5,8,10-11,13,17-18H,6-7,9,12,14-15H2,1H3. The van der Waals surface area contributed by atoms with Gasteiger partial charge in [-0.05, 0) is 43.5 Å². The molecule has 3 aromatic rings. The minimum atomic E-state index is -3.60. The Morgan fingerprint density at radius 2 is 1.87 bits per heavy atom. The molecule has 2 unspecified atom stereocenters. The van der Waals surface area contributed by atoms with Crippen molar-refractivity contribution in [3.05, 3.63) is 54.5 Å². The zero-order valence-corrected chi connectivity index (χ0v) is 18.2. The number of carbonyl (C=O) groups is 1. The summed E-state index contributed by atoms with van der Waals surface area (Å²) in [4.78, 5) is 25.8. The number of imidazole rings is 1. The number of hydrogen-bond acceptors (Lipinski definition) is 6. The van der Waals surface area contributed by atoms with E-state index in [2.05, 4.69) is 20.9 Å². The summed E-state index contributed by atoms with van der Waals surface area (Å²) in [5, 5.41) is 0.172. The zero-order valence-electron chi connectivity index (χ0n) is 17.4. The van der Waals surface area contributed by atoms with Crippen LogP contribution >= 0.6 is 0 Å². The second-order valence-corrected chi connectivity index (χ2v) is 10.4. The highest BCUT2D eigenvalue weighted by Crippen LogP contribution is 2.34. The van der Waals surface area contributed by atoms with Crippen LogP contribution in [0.4, 0.5) is 5.82 Å². The van der Waals surface area contributed by atoms with Crippen LogP contribution in [-0.2, 0) is 14.6 Å². The third-order valence-corrected chi connectivity index (χ3v) is 8.00. The van der Waals surface area contributed by atoms with Crippen molar-refractivity contribution in [1.29, 1.82) is 0 Å². The van der Waals surface area contributed by atoms with E-state index >= 15 is 0 Å². The molecule has 2 saturated heterocycles. The van der Waals surface area contributed by atoms with Crippen LogP contribution in [0.2, 0.25) is 0 Å². The number of nitrogens with zero attached hydrogens (tertiary/aromatic N) is 5. The van der Waals surface area contributed by atoms with Gasteiger partial charge in [0.2, 0.25) is 5.91 Å². The molecular formula is C22H25N5O3S. The van der Waals surface area contributed by atoms with Crippen LogP contribution in [0.15, 0.2) is 53.9 Å². The maximum Gasteiger partial charge on any atom is 0.223 e. The molecule has 2 aliphatic heterocycles. The average molecular weight is 440 g/mol. The first kappa shape index (κ1) is 20.0. The number of carbonyl (C=O) groups excluding carboxylic acids is 1. The molecule has 5 rings (SSSR count). The third kappa shape index (κ3) is 3.67. The van der Waals surface area contributed by atoms with Crippen LogP contribution < -0.4 is 4.90 Å². The van der Waals surface area contributed by atoms with Crippen LogP contribution in [0.25, 0.3) is 5.65 Å². The molecule has 0 aromatic carbocycles. The number of piperazine rings is 1. The second-order valence-electron chi connectivity index (χ2n) is 8.37. The molecule has 0 N–H and O–H groups in total. The van der Waals surface area contributed by atoms with Gasteiger partial charge in [0.25, 0.3) is 0 Å². The molecule has 1 amide bonds. The van der Waals surface area contributed by atoms with E-state index in [9.17, 15) is 13.2 Å². The number of rotatable bonds is 5. The molecule has 2 fully saturated rings. The average Bonchev–Trinajstić information content (AvgIpc) is 3.34. The van der Waals surface area contributed by atoms with Crippen LogP contribution in [0.3, 0.4) is 0 Å². The lowest BCUT2D eigenvalue weighted by Gasteiger charge is -2.41. The molecule has 0 aliphatic carbocycles. The van der Waals surface area contributed by atoms with Crippen molar-refractivity contribution >= 4 is 27.2 Å². The Hall–Kier alpha value is -2.94. The quantitative estimate of drug-likeness (QED) is 0.605. The van der Waals surface area contributed by atoms with Gasteiger partial charge in [-0.15, -0.1) is 0 Å². The topological polar surface area (TPSA) is 87.9 Å². The molecule has 0 saturated carbocycles. The monoisotopic (exact) mass is 439 g/mol. The lowest BCUT2D eigenvalue weighted by molar-refractivity contribution is -0.131. The highest BCUT2D eigenvalue weighted by Gasteiger charge is 2.42. The molecule has 0 spiro atoms. The van der Waals surface area contributed by atoms with Crippen molar-refractivity contribution in [2.45, 2.75) is 43.3 Å². The van der Waals surface area contributed by atoms with Crippen molar-refractivity contribution in [1.82, 2.24) is 19.3 Å². The van der Waals surface area contributed by atoms with Crippen molar-refractivity contribution in [2.75, 3.05) is 23.7 Å². The molecule has 2 atom stereocenters. The van der Waals surface area contributed by atoms with Gasteiger partial charge in [0, 0.05) is 50.2 Å². The summed E-state index contributed by atoms with van der Waals surface area (Å²) in [5.74, 6) is 0.647. The first-order chi connectivity index (χ1) is 14.9. The van der Waals surface area contributed by atoms with E-state index in [4.69, 9.17) is 0 Å². The lowest BCUT2D eigenvalue weighted by atomic mass is 10.1. The number of likely N-dealkylation sites (tertiary alicyclic amines) is 1. The maximum atomic E-state index is 12.9. The third-order valence-electron chi connectivity index (χ3n) is 6.29. The summed E-state index contributed by atoms with van der Waals surface area (Å²) in [6, 6.07) is 9.55. The number of anilines is 1. The first-order valence-corrected chi connectivity index (χ1v) is 12.2. The number of hydrogen-bond donors (Lipinski definition) is 0. The van der Waals surface area contributed by atoms with Gasteiger partial charge in [-0.3, -0.25) is 9.20 Å². The van der Waals surface area contributed by atoms with Crippen LogP contribution in [0, 0.1) is 6.92 Å². The summed E-state index contributed by atoms with van der Waals surface area (Å²) in [6.07, 6.45) is 7.08. The normalized spacial score (nSPS) is 21.1. The van der Waals surface area contributed by atoms with E-state index in [1.165, 1.54) is 0 Å². The van der Waals surface area contributed by atoms with Gasteiger partial charge in [0.05, 0.1) is 5.75 Å². The largest absolute Gasteiger partial charge is 0.347 e. The predicted octanol–water partition coefficient (Wildman–Crippen LogP) is 2.08. The van der Waals surface area contributed by atoms with Gasteiger partial charge in [0.1, 0.15) is 16.5 Å². The smallest absolute Gasteiger partial charge is 0.223 e.